The minimum atomic E-state index is -0.146. The Hall–Kier alpha value is -0.900. The van der Waals surface area contributed by atoms with Gasteiger partial charge >= 0.3 is 0 Å². The fourth-order valence-electron chi connectivity index (χ4n) is 2.10. The van der Waals surface area contributed by atoms with Crippen LogP contribution in [0.5, 0.6) is 0 Å². The molecule has 108 valence electrons. The van der Waals surface area contributed by atoms with Gasteiger partial charge in [0.15, 0.2) is 5.76 Å². The molecule has 1 N–H and O–H groups in total. The molecule has 1 aromatic carbocycles. The smallest absolute Gasteiger partial charge is 0.156 e. The SMILES string of the molecule is Cc1ccc2nn(C3=C(O)C(I)=CC(C)(I)C=C3)nc2c1. The van der Waals surface area contributed by atoms with Crippen molar-refractivity contribution >= 4 is 61.9 Å². The van der Waals surface area contributed by atoms with Crippen molar-refractivity contribution in [3.63, 3.8) is 0 Å². The Labute approximate surface area is 149 Å². The molecule has 0 spiro atoms. The molecular weight excluding hydrogens is 492 g/mol. The van der Waals surface area contributed by atoms with Crippen LogP contribution in [0.3, 0.4) is 0 Å². The van der Waals surface area contributed by atoms with Crippen LogP contribution in [0.1, 0.15) is 12.5 Å². The predicted octanol–water partition coefficient (Wildman–Crippen LogP) is 4.55. The van der Waals surface area contributed by atoms with E-state index in [9.17, 15) is 5.11 Å². The number of aliphatic hydroxyl groups excluding tert-OH is 1. The molecule has 0 fully saturated rings. The lowest BCUT2D eigenvalue weighted by Crippen LogP contribution is -2.06. The van der Waals surface area contributed by atoms with E-state index in [4.69, 9.17) is 0 Å². The number of allylic oxidation sites excluding steroid dienone is 5. The number of aryl methyl sites for hydroxylation is 1. The van der Waals surface area contributed by atoms with E-state index < -0.39 is 0 Å². The van der Waals surface area contributed by atoms with Gasteiger partial charge in [-0.1, -0.05) is 34.7 Å². The highest BCUT2D eigenvalue weighted by Crippen LogP contribution is 2.34. The third-order valence-corrected chi connectivity index (χ3v) is 4.69. The van der Waals surface area contributed by atoms with E-state index in [1.165, 1.54) is 4.80 Å². The van der Waals surface area contributed by atoms with Crippen LogP contribution in [0.25, 0.3) is 16.7 Å². The quantitative estimate of drug-likeness (QED) is 0.458. The number of fused-ring (bicyclic) bond motifs is 1. The Bertz CT molecular complexity index is 815. The lowest BCUT2D eigenvalue weighted by molar-refractivity contribution is 0.429. The summed E-state index contributed by atoms with van der Waals surface area (Å²) >= 11 is 4.47. The monoisotopic (exact) mass is 505 g/mol. The summed E-state index contributed by atoms with van der Waals surface area (Å²) in [6.07, 6.45) is 5.92. The Morgan fingerprint density at radius 1 is 1.24 bits per heavy atom. The number of hydrogen-bond acceptors (Lipinski definition) is 3. The summed E-state index contributed by atoms with van der Waals surface area (Å²) in [7, 11) is 0. The fraction of sp³-hybridized carbons (Fsp3) is 0.200. The van der Waals surface area contributed by atoms with Gasteiger partial charge in [-0.2, -0.15) is 0 Å². The van der Waals surface area contributed by atoms with Gasteiger partial charge in [-0.3, -0.25) is 0 Å². The molecule has 3 rings (SSSR count). The summed E-state index contributed by atoms with van der Waals surface area (Å²) in [4.78, 5) is 1.50. The maximum Gasteiger partial charge on any atom is 0.156 e. The molecule has 1 aliphatic carbocycles. The number of aliphatic hydroxyl groups is 1. The van der Waals surface area contributed by atoms with Crippen molar-refractivity contribution in [2.75, 3.05) is 0 Å². The number of aromatic nitrogens is 3. The zero-order valence-electron chi connectivity index (χ0n) is 11.5. The normalized spacial score (nSPS) is 22.6. The largest absolute Gasteiger partial charge is 0.505 e. The standard InChI is InChI=1S/C15H13I2N3O/c1-9-3-4-11-12(7-9)19-20(18-11)13-5-6-15(2,17)8-10(16)14(13)21/h3-8,21H,1-2H3. The second-order valence-corrected chi connectivity index (χ2v) is 8.68. The molecule has 1 aliphatic rings. The highest BCUT2D eigenvalue weighted by molar-refractivity contribution is 14.1. The average Bonchev–Trinajstić information content (AvgIpc) is 2.76. The first-order chi connectivity index (χ1) is 9.85. The summed E-state index contributed by atoms with van der Waals surface area (Å²) in [5.74, 6) is 0.198. The number of benzene rings is 1. The van der Waals surface area contributed by atoms with Crippen molar-refractivity contribution in [1.82, 2.24) is 15.0 Å². The van der Waals surface area contributed by atoms with Gasteiger partial charge in [0.1, 0.15) is 16.7 Å². The first kappa shape index (κ1) is 15.0. The lowest BCUT2D eigenvalue weighted by atomic mass is 10.1. The van der Waals surface area contributed by atoms with Crippen molar-refractivity contribution in [2.45, 2.75) is 17.3 Å². The molecule has 0 bridgehead atoms. The van der Waals surface area contributed by atoms with Crippen LogP contribution in [0.4, 0.5) is 0 Å². The molecule has 6 heteroatoms. The highest BCUT2D eigenvalue weighted by Gasteiger charge is 2.22. The zero-order valence-corrected chi connectivity index (χ0v) is 15.8. The number of hydrogen-bond donors (Lipinski definition) is 1. The molecule has 1 unspecified atom stereocenters. The van der Waals surface area contributed by atoms with Crippen molar-refractivity contribution in [1.29, 1.82) is 0 Å². The van der Waals surface area contributed by atoms with Crippen LogP contribution in [-0.2, 0) is 0 Å². The third kappa shape index (κ3) is 3.01. The summed E-state index contributed by atoms with van der Waals surface area (Å²) in [5, 5.41) is 19.4. The second kappa shape index (κ2) is 5.38. The second-order valence-electron chi connectivity index (χ2n) is 5.19. The first-order valence-electron chi connectivity index (χ1n) is 6.40. The van der Waals surface area contributed by atoms with Crippen LogP contribution < -0.4 is 0 Å². The number of rotatable bonds is 1. The van der Waals surface area contributed by atoms with Gasteiger partial charge in [-0.15, -0.1) is 15.0 Å². The summed E-state index contributed by atoms with van der Waals surface area (Å²) < 4.78 is 0.648. The van der Waals surface area contributed by atoms with Gasteiger partial charge in [-0.05, 0) is 66.3 Å². The first-order valence-corrected chi connectivity index (χ1v) is 8.56. The van der Waals surface area contributed by atoms with Crippen molar-refractivity contribution < 1.29 is 5.11 Å². The van der Waals surface area contributed by atoms with Gasteiger partial charge in [0.25, 0.3) is 0 Å². The minimum Gasteiger partial charge on any atom is -0.505 e. The topological polar surface area (TPSA) is 50.9 Å². The molecule has 1 heterocycles. The van der Waals surface area contributed by atoms with E-state index in [1.807, 2.05) is 43.4 Å². The maximum atomic E-state index is 10.4. The Morgan fingerprint density at radius 3 is 2.71 bits per heavy atom. The minimum absolute atomic E-state index is 0.146. The Balaban J connectivity index is 2.17. The summed E-state index contributed by atoms with van der Waals surface area (Å²) in [6, 6.07) is 5.93. The van der Waals surface area contributed by atoms with E-state index in [2.05, 4.69) is 62.3 Å². The molecule has 0 amide bonds. The number of alkyl halides is 1. The number of nitrogens with zero attached hydrogens (tertiary/aromatic N) is 3. The summed E-state index contributed by atoms with van der Waals surface area (Å²) in [5.41, 5.74) is 3.36. The fourth-order valence-corrected chi connectivity index (χ4v) is 4.11. The predicted molar refractivity (Wildman–Crippen MR) is 102 cm³/mol. The van der Waals surface area contributed by atoms with E-state index in [-0.39, 0.29) is 9.18 Å². The van der Waals surface area contributed by atoms with Crippen LogP contribution >= 0.6 is 45.2 Å². The Kier molecular flexibility index (Phi) is 3.85. The molecule has 0 saturated heterocycles. The van der Waals surface area contributed by atoms with E-state index in [0.29, 0.717) is 5.70 Å². The highest BCUT2D eigenvalue weighted by atomic mass is 127. The molecule has 21 heavy (non-hydrogen) atoms. The summed E-state index contributed by atoms with van der Waals surface area (Å²) in [6.45, 7) is 4.10. The van der Waals surface area contributed by atoms with Gasteiger partial charge < -0.3 is 5.11 Å². The van der Waals surface area contributed by atoms with Gasteiger partial charge in [-0.25, -0.2) is 0 Å². The van der Waals surface area contributed by atoms with E-state index in [1.54, 1.807) is 0 Å². The Morgan fingerprint density at radius 2 is 1.95 bits per heavy atom. The van der Waals surface area contributed by atoms with E-state index >= 15 is 0 Å². The molecule has 0 radical (unpaired) electrons. The molecule has 2 aromatic rings. The molecule has 1 atom stereocenters. The molecule has 0 aliphatic heterocycles. The van der Waals surface area contributed by atoms with Gasteiger partial charge in [0.05, 0.1) is 7.00 Å². The average molecular weight is 505 g/mol. The number of halogens is 2. The van der Waals surface area contributed by atoms with Crippen LogP contribution in [0, 0.1) is 6.92 Å². The van der Waals surface area contributed by atoms with Crippen LogP contribution in [0.2, 0.25) is 0 Å². The van der Waals surface area contributed by atoms with Gasteiger partial charge in [0.2, 0.25) is 0 Å². The molecule has 4 nitrogen and oxygen atoms in total. The van der Waals surface area contributed by atoms with Crippen molar-refractivity contribution in [3.05, 3.63) is 51.3 Å². The maximum absolute atomic E-state index is 10.4. The van der Waals surface area contributed by atoms with Crippen LogP contribution in [0.15, 0.2) is 45.8 Å². The third-order valence-electron chi connectivity index (χ3n) is 3.20. The zero-order chi connectivity index (χ0) is 15.2. The van der Waals surface area contributed by atoms with Crippen LogP contribution in [-0.4, -0.2) is 23.5 Å². The van der Waals surface area contributed by atoms with Gasteiger partial charge in [0, 0.05) is 0 Å². The lowest BCUT2D eigenvalue weighted by Gasteiger charge is -2.10. The van der Waals surface area contributed by atoms with Crippen molar-refractivity contribution in [3.8, 4) is 0 Å². The van der Waals surface area contributed by atoms with Crippen molar-refractivity contribution in [2.24, 2.45) is 0 Å². The molecule has 0 saturated carbocycles. The molecular formula is C15H13I2N3O. The molecule has 1 aromatic heterocycles. The van der Waals surface area contributed by atoms with E-state index in [0.717, 1.165) is 20.2 Å².